The summed E-state index contributed by atoms with van der Waals surface area (Å²) >= 11 is 1.92. The van der Waals surface area contributed by atoms with Gasteiger partial charge in [-0.25, -0.2) is 0 Å². The molecule has 2 saturated heterocycles. The number of hydrogen-bond acceptors (Lipinski definition) is 5. The third-order valence-electron chi connectivity index (χ3n) is 4.65. The largest absolute Gasteiger partial charge is 0.454 e. The van der Waals surface area contributed by atoms with Crippen molar-refractivity contribution in [3.05, 3.63) is 23.8 Å². The summed E-state index contributed by atoms with van der Waals surface area (Å²) in [6.45, 7) is 1.74. The standard InChI is InChI=1S/C17H21NO4S/c19-17(12-3-4-15-16(8-12)22-11-21-15)18(13-5-7-23-10-13)9-14-2-1-6-20-14/h3-4,8,13-14H,1-2,5-7,9-11H2/t13-,14+/m1/s1. The highest BCUT2D eigenvalue weighted by Crippen LogP contribution is 2.33. The van der Waals surface area contributed by atoms with Gasteiger partial charge in [-0.1, -0.05) is 0 Å². The number of nitrogens with zero attached hydrogens (tertiary/aromatic N) is 1. The van der Waals surface area contributed by atoms with Crippen molar-refractivity contribution in [2.75, 3.05) is 31.5 Å². The minimum atomic E-state index is 0.0753. The van der Waals surface area contributed by atoms with Gasteiger partial charge in [-0.2, -0.15) is 11.8 Å². The molecule has 0 spiro atoms. The maximum atomic E-state index is 13.1. The first-order valence-corrected chi connectivity index (χ1v) is 9.37. The summed E-state index contributed by atoms with van der Waals surface area (Å²) in [6, 6.07) is 5.76. The van der Waals surface area contributed by atoms with E-state index in [1.54, 1.807) is 6.07 Å². The normalized spacial score (nSPS) is 25.7. The predicted octanol–water partition coefficient (Wildman–Crippen LogP) is 2.54. The van der Waals surface area contributed by atoms with E-state index in [4.69, 9.17) is 14.2 Å². The molecule has 4 rings (SSSR count). The maximum Gasteiger partial charge on any atom is 0.254 e. The summed E-state index contributed by atoms with van der Waals surface area (Å²) in [6.07, 6.45) is 3.38. The predicted molar refractivity (Wildman–Crippen MR) is 88.3 cm³/mol. The van der Waals surface area contributed by atoms with E-state index in [0.717, 1.165) is 37.4 Å². The first kappa shape index (κ1) is 15.1. The molecule has 2 fully saturated rings. The zero-order chi connectivity index (χ0) is 15.6. The van der Waals surface area contributed by atoms with Gasteiger partial charge in [0.25, 0.3) is 5.91 Å². The van der Waals surface area contributed by atoms with E-state index in [0.29, 0.717) is 29.6 Å². The summed E-state index contributed by atoms with van der Waals surface area (Å²) in [5, 5.41) is 0. The van der Waals surface area contributed by atoms with Crippen LogP contribution < -0.4 is 9.47 Å². The molecule has 0 aliphatic carbocycles. The van der Waals surface area contributed by atoms with Gasteiger partial charge >= 0.3 is 0 Å². The molecule has 2 atom stereocenters. The van der Waals surface area contributed by atoms with Crippen LogP contribution in [0.2, 0.25) is 0 Å². The van der Waals surface area contributed by atoms with Crippen LogP contribution in [0.15, 0.2) is 18.2 Å². The van der Waals surface area contributed by atoms with Gasteiger partial charge in [-0.05, 0) is 43.2 Å². The Kier molecular flexibility index (Phi) is 4.35. The SMILES string of the molecule is O=C(c1ccc2c(c1)OCO2)N(C[C@@H]1CCCO1)[C@@H]1CCSC1. The Balaban J connectivity index is 1.55. The van der Waals surface area contributed by atoms with Gasteiger partial charge < -0.3 is 19.1 Å². The van der Waals surface area contributed by atoms with Gasteiger partial charge in [-0.3, -0.25) is 4.79 Å². The quantitative estimate of drug-likeness (QED) is 0.846. The average molecular weight is 335 g/mol. The summed E-state index contributed by atoms with van der Waals surface area (Å²) in [4.78, 5) is 15.1. The minimum absolute atomic E-state index is 0.0753. The number of rotatable bonds is 4. The summed E-state index contributed by atoms with van der Waals surface area (Å²) in [7, 11) is 0. The molecule has 3 heterocycles. The lowest BCUT2D eigenvalue weighted by Crippen LogP contribution is -2.44. The maximum absolute atomic E-state index is 13.1. The number of carbonyl (C=O) groups excluding carboxylic acids is 1. The lowest BCUT2D eigenvalue weighted by atomic mass is 10.1. The lowest BCUT2D eigenvalue weighted by Gasteiger charge is -2.31. The Morgan fingerprint density at radius 2 is 2.17 bits per heavy atom. The number of thioether (sulfide) groups is 1. The highest BCUT2D eigenvalue weighted by atomic mass is 32.2. The van der Waals surface area contributed by atoms with Crippen LogP contribution >= 0.6 is 11.8 Å². The molecular formula is C17H21NO4S. The van der Waals surface area contributed by atoms with E-state index < -0.39 is 0 Å². The highest BCUT2D eigenvalue weighted by molar-refractivity contribution is 7.99. The van der Waals surface area contributed by atoms with Crippen molar-refractivity contribution in [1.82, 2.24) is 4.90 Å². The van der Waals surface area contributed by atoms with Crippen LogP contribution in [-0.2, 0) is 4.74 Å². The van der Waals surface area contributed by atoms with Crippen LogP contribution in [0.5, 0.6) is 11.5 Å². The molecule has 0 bridgehead atoms. The Labute approximate surface area is 140 Å². The van der Waals surface area contributed by atoms with Crippen LogP contribution in [-0.4, -0.2) is 54.4 Å². The topological polar surface area (TPSA) is 48.0 Å². The van der Waals surface area contributed by atoms with Gasteiger partial charge in [0.2, 0.25) is 6.79 Å². The molecule has 0 N–H and O–H groups in total. The molecule has 0 aromatic heterocycles. The van der Waals surface area contributed by atoms with Crippen LogP contribution in [0.25, 0.3) is 0 Å². The van der Waals surface area contributed by atoms with E-state index in [1.807, 2.05) is 28.8 Å². The molecule has 0 unspecified atom stereocenters. The molecule has 1 aromatic carbocycles. The van der Waals surface area contributed by atoms with Crippen molar-refractivity contribution in [3.8, 4) is 11.5 Å². The van der Waals surface area contributed by atoms with Gasteiger partial charge in [0.05, 0.1) is 6.10 Å². The smallest absolute Gasteiger partial charge is 0.254 e. The molecule has 0 saturated carbocycles. The number of amides is 1. The van der Waals surface area contributed by atoms with E-state index >= 15 is 0 Å². The molecule has 3 aliphatic heterocycles. The molecular weight excluding hydrogens is 314 g/mol. The van der Waals surface area contributed by atoms with E-state index in [1.165, 1.54) is 0 Å². The summed E-state index contributed by atoms with van der Waals surface area (Å²) < 4.78 is 16.5. The number of hydrogen-bond donors (Lipinski definition) is 0. The average Bonchev–Trinajstić information content (AvgIpc) is 3.33. The third kappa shape index (κ3) is 3.15. The van der Waals surface area contributed by atoms with E-state index in [-0.39, 0.29) is 18.8 Å². The Bertz CT molecular complexity index is 582. The van der Waals surface area contributed by atoms with Crippen LogP contribution in [0.1, 0.15) is 29.6 Å². The number of carbonyl (C=O) groups is 1. The van der Waals surface area contributed by atoms with Crippen LogP contribution in [0.4, 0.5) is 0 Å². The van der Waals surface area contributed by atoms with E-state index in [9.17, 15) is 4.79 Å². The van der Waals surface area contributed by atoms with Crippen molar-refractivity contribution in [1.29, 1.82) is 0 Å². The second kappa shape index (κ2) is 6.61. The second-order valence-corrected chi connectivity index (χ2v) is 7.33. The minimum Gasteiger partial charge on any atom is -0.454 e. The fraction of sp³-hybridized carbons (Fsp3) is 0.588. The van der Waals surface area contributed by atoms with Crippen molar-refractivity contribution in [2.45, 2.75) is 31.4 Å². The number of fused-ring (bicyclic) bond motifs is 1. The molecule has 1 aromatic rings. The van der Waals surface area contributed by atoms with Gasteiger partial charge in [0.1, 0.15) is 0 Å². The Hall–Kier alpha value is -1.40. The number of benzene rings is 1. The molecule has 124 valence electrons. The van der Waals surface area contributed by atoms with Crippen molar-refractivity contribution in [3.63, 3.8) is 0 Å². The molecule has 1 amide bonds. The van der Waals surface area contributed by atoms with Gasteiger partial charge in [0.15, 0.2) is 11.5 Å². The van der Waals surface area contributed by atoms with Crippen molar-refractivity contribution >= 4 is 17.7 Å². The third-order valence-corrected chi connectivity index (χ3v) is 5.80. The van der Waals surface area contributed by atoms with Crippen molar-refractivity contribution in [2.24, 2.45) is 0 Å². The monoisotopic (exact) mass is 335 g/mol. The van der Waals surface area contributed by atoms with Crippen molar-refractivity contribution < 1.29 is 19.0 Å². The van der Waals surface area contributed by atoms with E-state index in [2.05, 4.69) is 0 Å². The molecule has 0 radical (unpaired) electrons. The second-order valence-electron chi connectivity index (χ2n) is 6.18. The zero-order valence-corrected chi connectivity index (χ0v) is 13.8. The van der Waals surface area contributed by atoms with Gasteiger partial charge in [0, 0.05) is 30.5 Å². The molecule has 6 heteroatoms. The van der Waals surface area contributed by atoms with Crippen LogP contribution in [0.3, 0.4) is 0 Å². The fourth-order valence-corrected chi connectivity index (χ4v) is 4.59. The number of ether oxygens (including phenoxy) is 3. The first-order valence-electron chi connectivity index (χ1n) is 8.21. The Morgan fingerprint density at radius 3 is 2.96 bits per heavy atom. The fourth-order valence-electron chi connectivity index (χ4n) is 3.37. The summed E-state index contributed by atoms with van der Waals surface area (Å²) in [5.41, 5.74) is 0.671. The van der Waals surface area contributed by atoms with Crippen LogP contribution in [0, 0.1) is 0 Å². The first-order chi connectivity index (χ1) is 11.3. The summed E-state index contributed by atoms with van der Waals surface area (Å²) in [5.74, 6) is 3.59. The Morgan fingerprint density at radius 1 is 1.26 bits per heavy atom. The lowest BCUT2D eigenvalue weighted by molar-refractivity contribution is 0.0441. The highest BCUT2D eigenvalue weighted by Gasteiger charge is 2.31. The van der Waals surface area contributed by atoms with Gasteiger partial charge in [-0.15, -0.1) is 0 Å². The molecule has 23 heavy (non-hydrogen) atoms. The molecule has 3 aliphatic rings. The zero-order valence-electron chi connectivity index (χ0n) is 13.0. The molecule has 5 nitrogen and oxygen atoms in total.